The minimum Gasteiger partial charge on any atom is -0.497 e. The molecule has 0 aromatic heterocycles. The molecule has 0 saturated carbocycles. The summed E-state index contributed by atoms with van der Waals surface area (Å²) in [6.45, 7) is -0.672. The minimum atomic E-state index is -0.626. The van der Waals surface area contributed by atoms with Gasteiger partial charge in [-0.05, 0) is 47.9 Å². The van der Waals surface area contributed by atoms with Crippen molar-refractivity contribution < 1.29 is 23.8 Å². The highest BCUT2D eigenvalue weighted by molar-refractivity contribution is 5.93. The molecule has 0 radical (unpaired) electrons. The number of para-hydroxylation sites is 1. The number of carbonyl (C=O) groups excluding carboxylic acids is 2. The van der Waals surface area contributed by atoms with Gasteiger partial charge in [-0.15, -0.1) is 0 Å². The summed E-state index contributed by atoms with van der Waals surface area (Å²) in [5.41, 5.74) is 2.81. The van der Waals surface area contributed by atoms with Gasteiger partial charge in [-0.25, -0.2) is 4.79 Å². The second-order valence-corrected chi connectivity index (χ2v) is 6.49. The molecule has 0 aliphatic carbocycles. The van der Waals surface area contributed by atoms with Crippen LogP contribution in [-0.4, -0.2) is 32.2 Å². The first-order chi connectivity index (χ1) is 14.6. The molecule has 6 nitrogen and oxygen atoms in total. The van der Waals surface area contributed by atoms with Gasteiger partial charge < -0.3 is 19.5 Å². The Morgan fingerprint density at radius 1 is 0.800 bits per heavy atom. The fourth-order valence-electron chi connectivity index (χ4n) is 2.80. The highest BCUT2D eigenvalue weighted by Gasteiger charge is 2.11. The number of ether oxygens (including phenoxy) is 3. The lowest BCUT2D eigenvalue weighted by atomic mass is 10.0. The van der Waals surface area contributed by atoms with Gasteiger partial charge in [0.2, 0.25) is 0 Å². The molecule has 3 aromatic rings. The molecule has 3 rings (SSSR count). The molecule has 0 atom stereocenters. The van der Waals surface area contributed by atoms with Crippen molar-refractivity contribution in [3.63, 3.8) is 0 Å². The smallest absolute Gasteiger partial charge is 0.344 e. The van der Waals surface area contributed by atoms with Crippen molar-refractivity contribution >= 4 is 17.6 Å². The van der Waals surface area contributed by atoms with Gasteiger partial charge in [0.15, 0.2) is 13.2 Å². The van der Waals surface area contributed by atoms with E-state index in [2.05, 4.69) is 5.32 Å². The Morgan fingerprint density at radius 2 is 1.47 bits per heavy atom. The quantitative estimate of drug-likeness (QED) is 0.548. The van der Waals surface area contributed by atoms with E-state index in [1.54, 1.807) is 31.4 Å². The van der Waals surface area contributed by atoms with Crippen LogP contribution in [-0.2, 0) is 20.7 Å². The van der Waals surface area contributed by atoms with Gasteiger partial charge >= 0.3 is 5.97 Å². The van der Waals surface area contributed by atoms with Gasteiger partial charge in [-0.3, -0.25) is 4.79 Å². The number of rotatable bonds is 9. The summed E-state index contributed by atoms with van der Waals surface area (Å²) < 4.78 is 15.4. The molecule has 154 valence electrons. The Balaban J connectivity index is 1.46. The van der Waals surface area contributed by atoms with Crippen LogP contribution >= 0.6 is 0 Å². The van der Waals surface area contributed by atoms with Crippen molar-refractivity contribution in [1.29, 1.82) is 0 Å². The average molecular weight is 405 g/mol. The molecular weight excluding hydrogens is 382 g/mol. The van der Waals surface area contributed by atoms with E-state index in [1.807, 2.05) is 54.6 Å². The van der Waals surface area contributed by atoms with E-state index in [9.17, 15) is 9.59 Å². The molecule has 0 saturated heterocycles. The second-order valence-electron chi connectivity index (χ2n) is 6.49. The lowest BCUT2D eigenvalue weighted by Gasteiger charge is -2.12. The van der Waals surface area contributed by atoms with Crippen LogP contribution in [0.1, 0.15) is 11.1 Å². The van der Waals surface area contributed by atoms with E-state index in [0.717, 1.165) is 11.1 Å². The lowest BCUT2D eigenvalue weighted by Crippen LogP contribution is -2.24. The largest absolute Gasteiger partial charge is 0.497 e. The van der Waals surface area contributed by atoms with Gasteiger partial charge in [0.05, 0.1) is 7.11 Å². The summed E-state index contributed by atoms with van der Waals surface area (Å²) in [6, 6.07) is 24.3. The van der Waals surface area contributed by atoms with E-state index in [-0.39, 0.29) is 13.2 Å². The molecular formula is C24H23NO5. The number of benzene rings is 3. The molecule has 0 bridgehead atoms. The first-order valence-electron chi connectivity index (χ1n) is 9.48. The molecule has 3 aromatic carbocycles. The number of hydrogen-bond donors (Lipinski definition) is 1. The first-order valence-corrected chi connectivity index (χ1v) is 9.48. The van der Waals surface area contributed by atoms with Crippen molar-refractivity contribution in [2.45, 2.75) is 6.42 Å². The van der Waals surface area contributed by atoms with Crippen LogP contribution in [0.15, 0.2) is 78.9 Å². The fraction of sp³-hybridized carbons (Fsp3) is 0.167. The maximum Gasteiger partial charge on any atom is 0.344 e. The summed E-state index contributed by atoms with van der Waals surface area (Å²) >= 11 is 0. The predicted molar refractivity (Wildman–Crippen MR) is 114 cm³/mol. The zero-order valence-electron chi connectivity index (χ0n) is 16.7. The van der Waals surface area contributed by atoms with E-state index < -0.39 is 11.9 Å². The summed E-state index contributed by atoms with van der Waals surface area (Å²) in [4.78, 5) is 24.1. The van der Waals surface area contributed by atoms with Crippen molar-refractivity contribution in [3.05, 3.63) is 90.0 Å². The predicted octanol–water partition coefficient (Wildman–Crippen LogP) is 3.85. The van der Waals surface area contributed by atoms with E-state index in [0.29, 0.717) is 23.6 Å². The van der Waals surface area contributed by atoms with Gasteiger partial charge in [0, 0.05) is 5.69 Å². The summed E-state index contributed by atoms with van der Waals surface area (Å²) in [5, 5.41) is 2.80. The third-order valence-electron chi connectivity index (χ3n) is 4.31. The van der Waals surface area contributed by atoms with Gasteiger partial charge in [0.1, 0.15) is 11.5 Å². The van der Waals surface area contributed by atoms with Crippen LogP contribution in [0.5, 0.6) is 11.5 Å². The Morgan fingerprint density at radius 3 is 2.20 bits per heavy atom. The van der Waals surface area contributed by atoms with Crippen molar-refractivity contribution in [1.82, 2.24) is 0 Å². The number of carbonyl (C=O) groups is 2. The van der Waals surface area contributed by atoms with E-state index in [4.69, 9.17) is 14.2 Å². The number of methoxy groups -OCH3 is 1. The van der Waals surface area contributed by atoms with Gasteiger partial charge in [0.25, 0.3) is 5.91 Å². The number of hydrogen-bond acceptors (Lipinski definition) is 5. The Kier molecular flexibility index (Phi) is 7.44. The summed E-state index contributed by atoms with van der Waals surface area (Å²) in [7, 11) is 1.57. The number of esters is 1. The molecule has 0 heterocycles. The van der Waals surface area contributed by atoms with Crippen molar-refractivity contribution in [2.24, 2.45) is 0 Å². The third kappa shape index (κ3) is 6.38. The minimum absolute atomic E-state index is 0.287. The van der Waals surface area contributed by atoms with Crippen molar-refractivity contribution in [2.75, 3.05) is 25.6 Å². The maximum atomic E-state index is 12.2. The highest BCUT2D eigenvalue weighted by Crippen LogP contribution is 2.19. The Bertz CT molecular complexity index is 970. The highest BCUT2D eigenvalue weighted by atomic mass is 16.6. The van der Waals surface area contributed by atoms with E-state index >= 15 is 0 Å². The lowest BCUT2D eigenvalue weighted by molar-refractivity contribution is -0.149. The zero-order chi connectivity index (χ0) is 21.2. The monoisotopic (exact) mass is 405 g/mol. The number of anilines is 1. The molecule has 0 aliphatic rings. The van der Waals surface area contributed by atoms with Crippen LogP contribution in [0.25, 0.3) is 0 Å². The SMILES string of the molecule is COc1ccc(OCC(=O)OCC(=O)Nc2ccccc2Cc2ccccc2)cc1. The van der Waals surface area contributed by atoms with Crippen LogP contribution in [0, 0.1) is 0 Å². The maximum absolute atomic E-state index is 12.2. The molecule has 1 amide bonds. The third-order valence-corrected chi connectivity index (χ3v) is 4.31. The fourth-order valence-corrected chi connectivity index (χ4v) is 2.80. The van der Waals surface area contributed by atoms with Crippen LogP contribution in [0.3, 0.4) is 0 Å². The number of amides is 1. The van der Waals surface area contributed by atoms with Crippen LogP contribution in [0.2, 0.25) is 0 Å². The standard InChI is InChI=1S/C24H23NO5/c1-28-20-11-13-21(14-12-20)29-17-24(27)30-16-23(26)25-22-10-6-5-9-19(22)15-18-7-3-2-4-8-18/h2-14H,15-17H2,1H3,(H,25,26). The first kappa shape index (κ1) is 20.9. The Labute approximate surface area is 175 Å². The number of nitrogens with one attached hydrogen (secondary N) is 1. The van der Waals surface area contributed by atoms with E-state index in [1.165, 1.54) is 0 Å². The molecule has 1 N–H and O–H groups in total. The second kappa shape index (κ2) is 10.7. The summed E-state index contributed by atoms with van der Waals surface area (Å²) in [5.74, 6) is 0.160. The van der Waals surface area contributed by atoms with Gasteiger partial charge in [-0.2, -0.15) is 0 Å². The average Bonchev–Trinajstić information content (AvgIpc) is 2.78. The van der Waals surface area contributed by atoms with Crippen LogP contribution < -0.4 is 14.8 Å². The normalized spacial score (nSPS) is 10.2. The molecule has 0 spiro atoms. The molecule has 30 heavy (non-hydrogen) atoms. The van der Waals surface area contributed by atoms with Gasteiger partial charge in [-0.1, -0.05) is 48.5 Å². The molecule has 0 fully saturated rings. The van der Waals surface area contributed by atoms with Crippen LogP contribution in [0.4, 0.5) is 5.69 Å². The van der Waals surface area contributed by atoms with Crippen molar-refractivity contribution in [3.8, 4) is 11.5 Å². The molecule has 0 unspecified atom stereocenters. The topological polar surface area (TPSA) is 73.9 Å². The molecule has 6 heteroatoms. The molecule has 0 aliphatic heterocycles. The summed E-state index contributed by atoms with van der Waals surface area (Å²) in [6.07, 6.45) is 0.687. The Hall–Kier alpha value is -3.80. The zero-order valence-corrected chi connectivity index (χ0v) is 16.7.